The topological polar surface area (TPSA) is 45.2 Å². The molecule has 0 radical (unpaired) electrons. The summed E-state index contributed by atoms with van der Waals surface area (Å²) in [7, 11) is 0. The summed E-state index contributed by atoms with van der Waals surface area (Å²) >= 11 is 1.53. The lowest BCUT2D eigenvalue weighted by Crippen LogP contribution is -2.31. The summed E-state index contributed by atoms with van der Waals surface area (Å²) in [6.07, 6.45) is -4.30. The smallest absolute Gasteiger partial charge is 0.265 e. The van der Waals surface area contributed by atoms with Crippen molar-refractivity contribution >= 4 is 11.3 Å². The van der Waals surface area contributed by atoms with Crippen LogP contribution in [0.4, 0.5) is 8.78 Å². The highest BCUT2D eigenvalue weighted by atomic mass is 32.1. The van der Waals surface area contributed by atoms with Gasteiger partial charge in [0.1, 0.15) is 11.1 Å². The molecule has 0 spiro atoms. The highest BCUT2D eigenvalue weighted by molar-refractivity contribution is 7.11. The lowest BCUT2D eigenvalue weighted by molar-refractivity contribution is -0.00341. The van der Waals surface area contributed by atoms with Crippen molar-refractivity contribution in [2.45, 2.75) is 32.9 Å². The summed E-state index contributed by atoms with van der Waals surface area (Å²) in [4.78, 5) is 5.36. The Kier molecular flexibility index (Phi) is 4.56. The zero-order chi connectivity index (χ0) is 11.4. The first kappa shape index (κ1) is 12.5. The van der Waals surface area contributed by atoms with E-state index in [1.54, 1.807) is 0 Å². The van der Waals surface area contributed by atoms with Crippen LogP contribution >= 0.6 is 11.3 Å². The third kappa shape index (κ3) is 3.81. The van der Waals surface area contributed by atoms with Crippen LogP contribution in [0, 0.1) is 13.8 Å². The maximum Gasteiger partial charge on any atom is 0.265 e. The van der Waals surface area contributed by atoms with E-state index in [9.17, 15) is 8.78 Å². The fraction of sp³-hybridized carbons (Fsp3) is 0.667. The molecule has 1 unspecified atom stereocenters. The molecule has 0 aliphatic rings. The number of hydrogen-bond acceptors (Lipinski definition) is 4. The van der Waals surface area contributed by atoms with Crippen LogP contribution in [0.25, 0.3) is 0 Å². The lowest BCUT2D eigenvalue weighted by atomic mass is 10.3. The molecule has 2 N–H and O–H groups in total. The van der Waals surface area contributed by atoms with Gasteiger partial charge in [-0.05, 0) is 13.8 Å². The molecule has 6 heteroatoms. The molecule has 0 aromatic carbocycles. The number of nitrogens with zero attached hydrogens (tertiary/aromatic N) is 1. The zero-order valence-corrected chi connectivity index (χ0v) is 9.44. The number of aliphatic hydroxyl groups is 1. The van der Waals surface area contributed by atoms with Crippen LogP contribution in [0.3, 0.4) is 0 Å². The minimum Gasteiger partial charge on any atom is -0.386 e. The van der Waals surface area contributed by atoms with Crippen LogP contribution in [0.15, 0.2) is 0 Å². The largest absolute Gasteiger partial charge is 0.386 e. The van der Waals surface area contributed by atoms with Crippen molar-refractivity contribution in [2.24, 2.45) is 0 Å². The number of aromatic nitrogens is 1. The summed E-state index contributed by atoms with van der Waals surface area (Å²) in [5.41, 5.74) is 0.964. The van der Waals surface area contributed by atoms with E-state index in [0.29, 0.717) is 6.54 Å². The Morgan fingerprint density at radius 2 is 2.13 bits per heavy atom. The van der Waals surface area contributed by atoms with E-state index in [-0.39, 0.29) is 6.54 Å². The van der Waals surface area contributed by atoms with Gasteiger partial charge >= 0.3 is 0 Å². The monoisotopic (exact) mass is 236 g/mol. The molecule has 0 aliphatic carbocycles. The fourth-order valence-corrected chi connectivity index (χ4v) is 1.93. The zero-order valence-electron chi connectivity index (χ0n) is 8.63. The Labute approximate surface area is 91.2 Å². The number of thiazole rings is 1. The number of halogens is 2. The molecule has 0 aliphatic heterocycles. The third-order valence-electron chi connectivity index (χ3n) is 1.99. The molecule has 0 saturated carbocycles. The maximum atomic E-state index is 11.9. The van der Waals surface area contributed by atoms with E-state index in [1.165, 1.54) is 11.3 Å². The molecule has 1 heterocycles. The Hall–Kier alpha value is -0.590. The first-order chi connectivity index (χ1) is 7.00. The van der Waals surface area contributed by atoms with E-state index in [0.717, 1.165) is 15.6 Å². The minimum atomic E-state index is -2.70. The molecule has 1 aromatic rings. The average Bonchev–Trinajstić information content (AvgIpc) is 2.46. The molecule has 0 fully saturated rings. The second-order valence-corrected chi connectivity index (χ2v) is 4.57. The second kappa shape index (κ2) is 5.48. The van der Waals surface area contributed by atoms with E-state index in [4.69, 9.17) is 5.11 Å². The molecule has 15 heavy (non-hydrogen) atoms. The minimum absolute atomic E-state index is 0.116. The molecule has 1 aromatic heterocycles. The Morgan fingerprint density at radius 1 is 1.47 bits per heavy atom. The van der Waals surface area contributed by atoms with Crippen molar-refractivity contribution in [3.05, 3.63) is 15.6 Å². The quantitative estimate of drug-likeness (QED) is 0.814. The molecular weight excluding hydrogens is 222 g/mol. The molecule has 0 amide bonds. The van der Waals surface area contributed by atoms with E-state index in [1.807, 2.05) is 13.8 Å². The second-order valence-electron chi connectivity index (χ2n) is 3.28. The van der Waals surface area contributed by atoms with Gasteiger partial charge in [-0.3, -0.25) is 0 Å². The average molecular weight is 236 g/mol. The number of nitrogens with one attached hydrogen (secondary N) is 1. The van der Waals surface area contributed by atoms with Gasteiger partial charge in [-0.1, -0.05) is 0 Å². The van der Waals surface area contributed by atoms with Gasteiger partial charge in [0.2, 0.25) is 0 Å². The van der Waals surface area contributed by atoms with Gasteiger partial charge in [0.25, 0.3) is 6.43 Å². The summed E-state index contributed by atoms with van der Waals surface area (Å²) in [6.45, 7) is 4.17. The van der Waals surface area contributed by atoms with Crippen LogP contribution in [0.1, 0.15) is 15.6 Å². The van der Waals surface area contributed by atoms with E-state index >= 15 is 0 Å². The number of hydrogen-bond donors (Lipinski definition) is 2. The van der Waals surface area contributed by atoms with Gasteiger partial charge in [0.05, 0.1) is 5.69 Å². The molecule has 0 bridgehead atoms. The Morgan fingerprint density at radius 3 is 2.60 bits per heavy atom. The molecule has 3 nitrogen and oxygen atoms in total. The maximum absolute atomic E-state index is 11.9. The standard InChI is InChI=1S/C9H14F2N2OS/c1-5-6(2)15-8(13-5)4-12-3-7(14)9(10)11/h7,9,12,14H,3-4H2,1-2H3. The van der Waals surface area contributed by atoms with Crippen LogP contribution < -0.4 is 5.32 Å². The molecule has 1 atom stereocenters. The Bertz CT molecular complexity index is 298. The normalized spacial score (nSPS) is 13.5. The Balaban J connectivity index is 2.32. The summed E-state index contributed by atoms with van der Waals surface area (Å²) in [6, 6.07) is 0. The van der Waals surface area contributed by atoms with Crippen LogP contribution in [-0.2, 0) is 6.54 Å². The molecule has 0 saturated heterocycles. The highest BCUT2D eigenvalue weighted by Gasteiger charge is 2.15. The fourth-order valence-electron chi connectivity index (χ4n) is 1.03. The predicted octanol–water partition coefficient (Wildman–Crippen LogP) is 1.48. The van der Waals surface area contributed by atoms with Crippen LogP contribution in [0.5, 0.6) is 0 Å². The summed E-state index contributed by atoms with van der Waals surface area (Å²) < 4.78 is 23.8. The molecule has 86 valence electrons. The SMILES string of the molecule is Cc1nc(CNCC(O)C(F)F)sc1C. The van der Waals surface area contributed by atoms with Gasteiger partial charge in [-0.25, -0.2) is 13.8 Å². The van der Waals surface area contributed by atoms with Crippen LogP contribution in [0.2, 0.25) is 0 Å². The van der Waals surface area contributed by atoms with Crippen molar-refractivity contribution < 1.29 is 13.9 Å². The summed E-state index contributed by atoms with van der Waals surface area (Å²) in [5, 5.41) is 12.4. The third-order valence-corrected chi connectivity index (χ3v) is 3.07. The highest BCUT2D eigenvalue weighted by Crippen LogP contribution is 2.15. The van der Waals surface area contributed by atoms with Crippen molar-refractivity contribution in [3.63, 3.8) is 0 Å². The molecule has 1 rings (SSSR count). The van der Waals surface area contributed by atoms with Crippen molar-refractivity contribution in [3.8, 4) is 0 Å². The van der Waals surface area contributed by atoms with Crippen molar-refractivity contribution in [1.29, 1.82) is 0 Å². The van der Waals surface area contributed by atoms with Gasteiger partial charge < -0.3 is 10.4 Å². The van der Waals surface area contributed by atoms with Gasteiger partial charge in [0, 0.05) is 18.0 Å². The number of aliphatic hydroxyl groups excluding tert-OH is 1. The predicted molar refractivity (Wildman–Crippen MR) is 55.3 cm³/mol. The first-order valence-corrected chi connectivity index (χ1v) is 5.42. The van der Waals surface area contributed by atoms with Gasteiger partial charge in [-0.2, -0.15) is 0 Å². The van der Waals surface area contributed by atoms with E-state index in [2.05, 4.69) is 10.3 Å². The number of alkyl halides is 2. The van der Waals surface area contributed by atoms with Gasteiger partial charge in [0.15, 0.2) is 0 Å². The van der Waals surface area contributed by atoms with Crippen LogP contribution in [-0.4, -0.2) is 29.2 Å². The number of rotatable bonds is 5. The van der Waals surface area contributed by atoms with E-state index < -0.39 is 12.5 Å². The first-order valence-electron chi connectivity index (χ1n) is 4.60. The summed E-state index contributed by atoms with van der Waals surface area (Å²) in [5.74, 6) is 0. The number of aryl methyl sites for hydroxylation is 2. The van der Waals surface area contributed by atoms with Crippen molar-refractivity contribution in [1.82, 2.24) is 10.3 Å². The molecular formula is C9H14F2N2OS. The lowest BCUT2D eigenvalue weighted by Gasteiger charge is -2.09. The van der Waals surface area contributed by atoms with Gasteiger partial charge in [-0.15, -0.1) is 11.3 Å². The van der Waals surface area contributed by atoms with Crippen molar-refractivity contribution in [2.75, 3.05) is 6.54 Å².